The van der Waals surface area contributed by atoms with Crippen LogP contribution in [0.15, 0.2) is 12.1 Å². The van der Waals surface area contributed by atoms with E-state index in [9.17, 15) is 4.79 Å². The van der Waals surface area contributed by atoms with Crippen molar-refractivity contribution in [2.24, 2.45) is 0 Å². The van der Waals surface area contributed by atoms with Crippen molar-refractivity contribution in [2.45, 2.75) is 6.92 Å². The fraction of sp³-hybridized carbons (Fsp3) is 0.500. The molecular weight excluding hydrogens is 198 g/mol. The molecule has 0 unspecified atom stereocenters. The summed E-state index contributed by atoms with van der Waals surface area (Å²) in [5.74, 6) is 0.148. The monoisotopic (exact) mass is 211 g/mol. The highest BCUT2D eigenvalue weighted by molar-refractivity contribution is 7.18. The largest absolute Gasteiger partial charge is 0.378 e. The molecule has 1 aromatic rings. The van der Waals surface area contributed by atoms with Crippen LogP contribution in [0.3, 0.4) is 0 Å². The van der Waals surface area contributed by atoms with Crippen LogP contribution >= 0.6 is 11.3 Å². The van der Waals surface area contributed by atoms with Gasteiger partial charge in [-0.15, -0.1) is 11.3 Å². The van der Waals surface area contributed by atoms with E-state index >= 15 is 0 Å². The van der Waals surface area contributed by atoms with Crippen LogP contribution in [0.1, 0.15) is 16.6 Å². The number of carbonyl (C=O) groups is 1. The maximum atomic E-state index is 11.1. The molecule has 4 heteroatoms. The highest BCUT2D eigenvalue weighted by Crippen LogP contribution is 2.26. The first kappa shape index (κ1) is 9.68. The number of thiophene rings is 1. The quantitative estimate of drug-likeness (QED) is 0.698. The summed E-state index contributed by atoms with van der Waals surface area (Å²) in [6.07, 6.45) is 0. The van der Waals surface area contributed by atoms with Crippen LogP contribution in [-0.4, -0.2) is 32.1 Å². The molecule has 2 rings (SSSR count). The topological polar surface area (TPSA) is 29.5 Å². The van der Waals surface area contributed by atoms with Gasteiger partial charge in [0.25, 0.3) is 0 Å². The minimum atomic E-state index is 0.148. The molecule has 76 valence electrons. The lowest BCUT2D eigenvalue weighted by atomic mass is 10.3. The van der Waals surface area contributed by atoms with Gasteiger partial charge in [0.15, 0.2) is 5.78 Å². The van der Waals surface area contributed by atoms with E-state index in [1.54, 1.807) is 18.3 Å². The second-order valence-corrected chi connectivity index (χ2v) is 4.36. The molecule has 0 saturated carbocycles. The molecule has 3 nitrogen and oxygen atoms in total. The highest BCUT2D eigenvalue weighted by Gasteiger charge is 2.13. The first-order valence-corrected chi connectivity index (χ1v) is 5.52. The summed E-state index contributed by atoms with van der Waals surface area (Å²) in [7, 11) is 0. The Kier molecular flexibility index (Phi) is 2.84. The summed E-state index contributed by atoms with van der Waals surface area (Å²) in [6, 6.07) is 3.92. The number of nitrogens with zero attached hydrogens (tertiary/aromatic N) is 1. The molecule has 1 saturated heterocycles. The average molecular weight is 211 g/mol. The fourth-order valence-electron chi connectivity index (χ4n) is 1.47. The van der Waals surface area contributed by atoms with Crippen LogP contribution in [0.2, 0.25) is 0 Å². The van der Waals surface area contributed by atoms with Gasteiger partial charge in [0, 0.05) is 13.1 Å². The first-order valence-electron chi connectivity index (χ1n) is 4.71. The Morgan fingerprint density at radius 2 is 2.14 bits per heavy atom. The Labute approximate surface area is 87.3 Å². The molecule has 0 bridgehead atoms. The first-order chi connectivity index (χ1) is 6.77. The Morgan fingerprint density at radius 3 is 2.71 bits per heavy atom. The summed E-state index contributed by atoms with van der Waals surface area (Å²) < 4.78 is 5.27. The second-order valence-electron chi connectivity index (χ2n) is 3.29. The predicted octanol–water partition coefficient (Wildman–Crippen LogP) is 1.79. The van der Waals surface area contributed by atoms with E-state index in [0.29, 0.717) is 0 Å². The number of hydrogen-bond acceptors (Lipinski definition) is 4. The van der Waals surface area contributed by atoms with Crippen LogP contribution in [0, 0.1) is 0 Å². The van der Waals surface area contributed by atoms with Gasteiger partial charge in [0.1, 0.15) is 0 Å². The van der Waals surface area contributed by atoms with Crippen molar-refractivity contribution in [3.05, 3.63) is 17.0 Å². The van der Waals surface area contributed by atoms with Gasteiger partial charge in [-0.25, -0.2) is 0 Å². The molecule has 14 heavy (non-hydrogen) atoms. The SMILES string of the molecule is CC(=O)c1ccc(N2CCOCC2)s1. The number of Topliss-reactive ketones (excluding diaryl/α,β-unsaturated/α-hetero) is 1. The Hall–Kier alpha value is -0.870. The van der Waals surface area contributed by atoms with Crippen LogP contribution in [0.4, 0.5) is 5.00 Å². The number of ketones is 1. The summed E-state index contributed by atoms with van der Waals surface area (Å²) in [4.78, 5) is 14.2. The predicted molar refractivity (Wildman–Crippen MR) is 57.4 cm³/mol. The lowest BCUT2D eigenvalue weighted by Gasteiger charge is -2.27. The fourth-order valence-corrected chi connectivity index (χ4v) is 2.42. The van der Waals surface area contributed by atoms with Crippen molar-refractivity contribution in [1.82, 2.24) is 0 Å². The maximum Gasteiger partial charge on any atom is 0.169 e. The smallest absolute Gasteiger partial charge is 0.169 e. The number of anilines is 1. The Balaban J connectivity index is 2.11. The van der Waals surface area contributed by atoms with E-state index in [1.807, 2.05) is 12.1 Å². The van der Waals surface area contributed by atoms with Gasteiger partial charge in [0.05, 0.1) is 23.1 Å². The third kappa shape index (κ3) is 1.96. The summed E-state index contributed by atoms with van der Waals surface area (Å²) in [6.45, 7) is 5.03. The van der Waals surface area contributed by atoms with E-state index in [1.165, 1.54) is 5.00 Å². The zero-order chi connectivity index (χ0) is 9.97. The number of hydrogen-bond donors (Lipinski definition) is 0. The summed E-state index contributed by atoms with van der Waals surface area (Å²) in [5.41, 5.74) is 0. The zero-order valence-corrected chi connectivity index (χ0v) is 8.97. The number of carbonyl (C=O) groups excluding carboxylic acids is 1. The molecule has 2 heterocycles. The van der Waals surface area contributed by atoms with Gasteiger partial charge in [-0.3, -0.25) is 4.79 Å². The maximum absolute atomic E-state index is 11.1. The molecule has 0 spiro atoms. The normalized spacial score (nSPS) is 17.1. The number of ether oxygens (including phenoxy) is 1. The van der Waals surface area contributed by atoms with Crippen LogP contribution < -0.4 is 4.90 Å². The minimum Gasteiger partial charge on any atom is -0.378 e. The van der Waals surface area contributed by atoms with Gasteiger partial charge >= 0.3 is 0 Å². The third-order valence-electron chi connectivity index (χ3n) is 2.26. The van der Waals surface area contributed by atoms with Crippen molar-refractivity contribution < 1.29 is 9.53 Å². The summed E-state index contributed by atoms with van der Waals surface area (Å²) >= 11 is 1.57. The molecule has 1 aliphatic rings. The molecule has 0 N–H and O–H groups in total. The van der Waals surface area contributed by atoms with Crippen LogP contribution in [0.25, 0.3) is 0 Å². The van der Waals surface area contributed by atoms with Crippen molar-refractivity contribution in [3.63, 3.8) is 0 Å². The van der Waals surface area contributed by atoms with Gasteiger partial charge in [0.2, 0.25) is 0 Å². The molecule has 0 radical (unpaired) electrons. The number of rotatable bonds is 2. The van der Waals surface area contributed by atoms with E-state index < -0.39 is 0 Å². The summed E-state index contributed by atoms with van der Waals surface area (Å²) in [5, 5.41) is 1.18. The lowest BCUT2D eigenvalue weighted by Crippen LogP contribution is -2.35. The molecule has 0 atom stereocenters. The van der Waals surface area contributed by atoms with E-state index in [4.69, 9.17) is 4.74 Å². The van der Waals surface area contributed by atoms with Crippen molar-refractivity contribution in [3.8, 4) is 0 Å². The van der Waals surface area contributed by atoms with Crippen LogP contribution in [0.5, 0.6) is 0 Å². The Bertz CT molecular complexity index is 329. The molecular formula is C10H13NO2S. The van der Waals surface area contributed by atoms with Gasteiger partial charge in [-0.1, -0.05) is 0 Å². The minimum absolute atomic E-state index is 0.148. The molecule has 0 aromatic carbocycles. The van der Waals surface area contributed by atoms with E-state index in [0.717, 1.165) is 31.2 Å². The molecule has 0 aliphatic carbocycles. The third-order valence-corrected chi connectivity index (χ3v) is 3.51. The Morgan fingerprint density at radius 1 is 1.43 bits per heavy atom. The van der Waals surface area contributed by atoms with Crippen molar-refractivity contribution >= 4 is 22.1 Å². The molecule has 1 aromatic heterocycles. The average Bonchev–Trinajstić information content (AvgIpc) is 2.68. The molecule has 0 amide bonds. The van der Waals surface area contributed by atoms with E-state index in [2.05, 4.69) is 4.90 Å². The van der Waals surface area contributed by atoms with Crippen LogP contribution in [-0.2, 0) is 4.74 Å². The van der Waals surface area contributed by atoms with Crippen molar-refractivity contribution in [1.29, 1.82) is 0 Å². The van der Waals surface area contributed by atoms with E-state index in [-0.39, 0.29) is 5.78 Å². The van der Waals surface area contributed by atoms with Crippen molar-refractivity contribution in [2.75, 3.05) is 31.2 Å². The highest BCUT2D eigenvalue weighted by atomic mass is 32.1. The second kappa shape index (κ2) is 4.11. The van der Waals surface area contributed by atoms with Gasteiger partial charge in [-0.05, 0) is 19.1 Å². The molecule has 1 fully saturated rings. The number of morpholine rings is 1. The lowest BCUT2D eigenvalue weighted by molar-refractivity contribution is 0.102. The van der Waals surface area contributed by atoms with Gasteiger partial charge < -0.3 is 9.64 Å². The zero-order valence-electron chi connectivity index (χ0n) is 8.16. The van der Waals surface area contributed by atoms with Gasteiger partial charge in [-0.2, -0.15) is 0 Å². The standard InChI is InChI=1S/C10H13NO2S/c1-8(12)9-2-3-10(14-9)11-4-6-13-7-5-11/h2-3H,4-7H2,1H3. The molecule has 1 aliphatic heterocycles.